The van der Waals surface area contributed by atoms with Crippen molar-refractivity contribution in [2.24, 2.45) is 0 Å². The number of pyridine rings is 1. The van der Waals surface area contributed by atoms with Crippen molar-refractivity contribution in [2.75, 3.05) is 17.3 Å². The number of aromatic nitrogens is 1. The fourth-order valence-corrected chi connectivity index (χ4v) is 2.85. The van der Waals surface area contributed by atoms with Crippen molar-refractivity contribution < 1.29 is 4.21 Å². The second kappa shape index (κ2) is 5.63. The van der Waals surface area contributed by atoms with Crippen LogP contribution in [0.5, 0.6) is 0 Å². The van der Waals surface area contributed by atoms with E-state index in [1.54, 1.807) is 6.26 Å². The molecule has 0 bridgehead atoms. The number of rotatable bonds is 5. The van der Waals surface area contributed by atoms with Gasteiger partial charge in [-0.25, -0.2) is 4.98 Å². The Bertz CT molecular complexity index is 420. The minimum atomic E-state index is -0.704. The maximum absolute atomic E-state index is 11.0. The summed E-state index contributed by atoms with van der Waals surface area (Å²) in [5, 5.41) is 3.38. The van der Waals surface area contributed by atoms with Crippen molar-refractivity contribution in [1.29, 1.82) is 0 Å². The first-order chi connectivity index (χ1) is 8.15. The Kier molecular flexibility index (Phi) is 4.15. The van der Waals surface area contributed by atoms with Gasteiger partial charge in [0, 0.05) is 34.5 Å². The standard InChI is InChI=1S/C13H20N2OS/c1-10(8-9-17(2)16)14-13-7-6-11-4-3-5-12(11)15-13/h6-7,10H,3-5,8-9H2,1-2H3,(H,14,15). The lowest BCUT2D eigenvalue weighted by atomic mass is 10.2. The molecule has 4 heteroatoms. The maximum Gasteiger partial charge on any atom is 0.126 e. The Morgan fingerprint density at radius 1 is 1.47 bits per heavy atom. The molecule has 0 fully saturated rings. The zero-order chi connectivity index (χ0) is 12.3. The average Bonchev–Trinajstić information content (AvgIpc) is 2.73. The van der Waals surface area contributed by atoms with E-state index in [1.807, 2.05) is 0 Å². The summed E-state index contributed by atoms with van der Waals surface area (Å²) in [4.78, 5) is 4.63. The molecule has 94 valence electrons. The highest BCUT2D eigenvalue weighted by atomic mass is 32.2. The van der Waals surface area contributed by atoms with Crippen LogP contribution in [0.2, 0.25) is 0 Å². The van der Waals surface area contributed by atoms with Gasteiger partial charge >= 0.3 is 0 Å². The molecular weight excluding hydrogens is 232 g/mol. The highest BCUT2D eigenvalue weighted by Crippen LogP contribution is 2.21. The number of aryl methyl sites for hydroxylation is 2. The summed E-state index contributed by atoms with van der Waals surface area (Å²) in [5.41, 5.74) is 2.65. The monoisotopic (exact) mass is 252 g/mol. The van der Waals surface area contributed by atoms with Gasteiger partial charge in [0.15, 0.2) is 0 Å². The third kappa shape index (κ3) is 3.53. The van der Waals surface area contributed by atoms with E-state index in [2.05, 4.69) is 29.4 Å². The number of nitrogens with zero attached hydrogens (tertiary/aromatic N) is 1. The molecule has 1 aliphatic carbocycles. The van der Waals surface area contributed by atoms with Crippen LogP contribution in [0.4, 0.5) is 5.82 Å². The van der Waals surface area contributed by atoms with Crippen LogP contribution in [-0.2, 0) is 23.6 Å². The molecule has 2 atom stereocenters. The molecule has 1 N–H and O–H groups in total. The summed E-state index contributed by atoms with van der Waals surface area (Å²) < 4.78 is 11.0. The molecule has 3 nitrogen and oxygen atoms in total. The molecule has 0 aliphatic heterocycles. The van der Waals surface area contributed by atoms with Gasteiger partial charge in [-0.15, -0.1) is 0 Å². The smallest absolute Gasteiger partial charge is 0.126 e. The lowest BCUT2D eigenvalue weighted by Gasteiger charge is -2.14. The van der Waals surface area contributed by atoms with Crippen molar-refractivity contribution in [3.63, 3.8) is 0 Å². The molecule has 2 unspecified atom stereocenters. The first kappa shape index (κ1) is 12.6. The summed E-state index contributed by atoms with van der Waals surface area (Å²) in [6.07, 6.45) is 6.18. The molecule has 0 saturated heterocycles. The third-order valence-electron chi connectivity index (χ3n) is 3.16. The van der Waals surface area contributed by atoms with E-state index < -0.39 is 10.8 Å². The Labute approximate surface area is 105 Å². The van der Waals surface area contributed by atoms with Gasteiger partial charge in [-0.1, -0.05) is 6.07 Å². The molecule has 1 aromatic rings. The number of hydrogen-bond donors (Lipinski definition) is 1. The number of hydrogen-bond acceptors (Lipinski definition) is 3. The first-order valence-corrected chi connectivity index (χ1v) is 7.93. The summed E-state index contributed by atoms with van der Waals surface area (Å²) >= 11 is 0. The molecule has 17 heavy (non-hydrogen) atoms. The van der Waals surface area contributed by atoms with E-state index in [9.17, 15) is 4.21 Å². The van der Waals surface area contributed by atoms with Crippen LogP contribution in [0.25, 0.3) is 0 Å². The molecule has 0 amide bonds. The van der Waals surface area contributed by atoms with E-state index in [1.165, 1.54) is 24.1 Å². The van der Waals surface area contributed by atoms with E-state index in [4.69, 9.17) is 0 Å². The number of nitrogens with one attached hydrogen (secondary N) is 1. The lowest BCUT2D eigenvalue weighted by Crippen LogP contribution is -2.18. The topological polar surface area (TPSA) is 42.0 Å². The van der Waals surface area contributed by atoms with Crippen LogP contribution in [-0.4, -0.2) is 27.2 Å². The first-order valence-electron chi connectivity index (χ1n) is 6.20. The Hall–Kier alpha value is -0.900. The highest BCUT2D eigenvalue weighted by Gasteiger charge is 2.13. The minimum Gasteiger partial charge on any atom is -0.368 e. The maximum atomic E-state index is 11.0. The quantitative estimate of drug-likeness (QED) is 0.873. The predicted molar refractivity (Wildman–Crippen MR) is 72.9 cm³/mol. The second-order valence-corrected chi connectivity index (χ2v) is 6.32. The Morgan fingerprint density at radius 3 is 3.06 bits per heavy atom. The molecule has 2 rings (SSSR count). The van der Waals surface area contributed by atoms with Crippen LogP contribution in [0.1, 0.15) is 31.0 Å². The van der Waals surface area contributed by atoms with Crippen LogP contribution in [0, 0.1) is 0 Å². The Balaban J connectivity index is 1.92. The second-order valence-electron chi connectivity index (χ2n) is 4.77. The van der Waals surface area contributed by atoms with E-state index in [0.29, 0.717) is 6.04 Å². The van der Waals surface area contributed by atoms with Crippen LogP contribution >= 0.6 is 0 Å². The van der Waals surface area contributed by atoms with Crippen LogP contribution < -0.4 is 5.32 Å². The van der Waals surface area contributed by atoms with Gasteiger partial charge in [0.25, 0.3) is 0 Å². The Morgan fingerprint density at radius 2 is 2.29 bits per heavy atom. The van der Waals surface area contributed by atoms with Crippen molar-refractivity contribution >= 4 is 16.6 Å². The fraction of sp³-hybridized carbons (Fsp3) is 0.615. The molecule has 1 aliphatic rings. The normalized spacial score (nSPS) is 17.5. The summed E-state index contributed by atoms with van der Waals surface area (Å²) in [7, 11) is -0.704. The third-order valence-corrected chi connectivity index (χ3v) is 3.97. The van der Waals surface area contributed by atoms with Crippen molar-refractivity contribution in [2.45, 2.75) is 38.6 Å². The van der Waals surface area contributed by atoms with Crippen LogP contribution in [0.3, 0.4) is 0 Å². The van der Waals surface area contributed by atoms with Crippen molar-refractivity contribution in [3.8, 4) is 0 Å². The van der Waals surface area contributed by atoms with Gasteiger partial charge in [-0.2, -0.15) is 0 Å². The molecular formula is C13H20N2OS. The predicted octanol–water partition coefficient (Wildman–Crippen LogP) is 2.14. The molecule has 1 aromatic heterocycles. The molecule has 0 aromatic carbocycles. The van der Waals surface area contributed by atoms with Gasteiger partial charge in [0.1, 0.15) is 5.82 Å². The van der Waals surface area contributed by atoms with Crippen molar-refractivity contribution in [3.05, 3.63) is 23.4 Å². The van der Waals surface area contributed by atoms with Gasteiger partial charge < -0.3 is 5.32 Å². The largest absolute Gasteiger partial charge is 0.368 e. The highest BCUT2D eigenvalue weighted by molar-refractivity contribution is 7.84. The lowest BCUT2D eigenvalue weighted by molar-refractivity contribution is 0.678. The number of fused-ring (bicyclic) bond motifs is 1. The van der Waals surface area contributed by atoms with E-state index in [-0.39, 0.29) is 0 Å². The van der Waals surface area contributed by atoms with Crippen LogP contribution in [0.15, 0.2) is 12.1 Å². The summed E-state index contributed by atoms with van der Waals surface area (Å²) in [5.74, 6) is 1.71. The molecule has 1 heterocycles. The van der Waals surface area contributed by atoms with Gasteiger partial charge in [0.05, 0.1) is 0 Å². The van der Waals surface area contributed by atoms with E-state index >= 15 is 0 Å². The summed E-state index contributed by atoms with van der Waals surface area (Å²) in [6, 6.07) is 4.57. The van der Waals surface area contributed by atoms with Gasteiger partial charge in [-0.05, 0) is 44.2 Å². The SMILES string of the molecule is CC(CCS(C)=O)Nc1ccc2c(n1)CCC2. The van der Waals surface area contributed by atoms with E-state index in [0.717, 1.165) is 24.4 Å². The van der Waals surface area contributed by atoms with Crippen molar-refractivity contribution in [1.82, 2.24) is 4.98 Å². The fourth-order valence-electron chi connectivity index (χ4n) is 2.17. The minimum absolute atomic E-state index is 0.325. The molecule has 0 saturated carbocycles. The average molecular weight is 252 g/mol. The van der Waals surface area contributed by atoms with Gasteiger partial charge in [-0.3, -0.25) is 4.21 Å². The summed E-state index contributed by atoms with van der Waals surface area (Å²) in [6.45, 7) is 2.11. The zero-order valence-electron chi connectivity index (χ0n) is 10.5. The van der Waals surface area contributed by atoms with Gasteiger partial charge in [0.2, 0.25) is 0 Å². The molecule has 0 spiro atoms. The zero-order valence-corrected chi connectivity index (χ0v) is 11.3. The number of anilines is 1. The molecule has 0 radical (unpaired) electrons.